The second-order valence-electron chi connectivity index (χ2n) is 4.58. The lowest BCUT2D eigenvalue weighted by atomic mass is 10.1. The van der Waals surface area contributed by atoms with Crippen LogP contribution in [-0.2, 0) is 4.79 Å². The van der Waals surface area contributed by atoms with E-state index >= 15 is 0 Å². The molecule has 0 saturated heterocycles. The van der Waals surface area contributed by atoms with Crippen LogP contribution in [0.1, 0.15) is 5.56 Å². The van der Waals surface area contributed by atoms with Crippen LogP contribution in [0.15, 0.2) is 47.4 Å². The minimum Gasteiger partial charge on any atom is -0.398 e. The highest BCUT2D eigenvalue weighted by atomic mass is 32.2. The van der Waals surface area contributed by atoms with Crippen molar-refractivity contribution >= 4 is 34.7 Å². The molecule has 0 aliphatic heterocycles. The summed E-state index contributed by atoms with van der Waals surface area (Å²) in [5, 5.41) is 13.6. The van der Waals surface area contributed by atoms with Gasteiger partial charge in [-0.25, -0.2) is 0 Å². The lowest BCUT2D eigenvalue weighted by molar-refractivity contribution is -0.385. The molecule has 2 rings (SSSR count). The number of nitrogens with zero attached hydrogens (tertiary/aromatic N) is 1. The third kappa shape index (κ3) is 3.76. The number of hydrogen-bond donors (Lipinski definition) is 2. The molecule has 0 heterocycles. The van der Waals surface area contributed by atoms with Gasteiger partial charge >= 0.3 is 0 Å². The summed E-state index contributed by atoms with van der Waals surface area (Å²) in [7, 11) is 0. The summed E-state index contributed by atoms with van der Waals surface area (Å²) in [5.74, 6) is -0.0621. The Bertz CT molecular complexity index is 719. The molecule has 0 aliphatic carbocycles. The van der Waals surface area contributed by atoms with E-state index < -0.39 is 4.92 Å². The third-order valence-corrected chi connectivity index (χ3v) is 4.14. The fraction of sp³-hybridized carbons (Fsp3) is 0.133. The molecule has 0 atom stereocenters. The largest absolute Gasteiger partial charge is 0.398 e. The Morgan fingerprint density at radius 3 is 2.68 bits per heavy atom. The standard InChI is InChI=1S/C15H15N3O3S/c1-10-12(6-4-7-13(10)18(20)21)17-15(19)9-22-14-8-3-2-5-11(14)16/h2-8H,9,16H2,1H3,(H,17,19). The van der Waals surface area contributed by atoms with E-state index in [-0.39, 0.29) is 17.3 Å². The first-order valence-electron chi connectivity index (χ1n) is 6.50. The fourth-order valence-corrected chi connectivity index (χ4v) is 2.67. The van der Waals surface area contributed by atoms with Crippen molar-refractivity contribution in [3.8, 4) is 0 Å². The Morgan fingerprint density at radius 1 is 1.27 bits per heavy atom. The van der Waals surface area contributed by atoms with E-state index in [4.69, 9.17) is 5.73 Å². The van der Waals surface area contributed by atoms with Crippen molar-refractivity contribution < 1.29 is 9.72 Å². The number of benzene rings is 2. The molecule has 1 amide bonds. The average Bonchev–Trinajstić information content (AvgIpc) is 2.48. The van der Waals surface area contributed by atoms with Gasteiger partial charge in [-0.05, 0) is 25.1 Å². The monoisotopic (exact) mass is 317 g/mol. The summed E-state index contributed by atoms with van der Waals surface area (Å²) in [6, 6.07) is 11.9. The number of hydrogen-bond acceptors (Lipinski definition) is 5. The predicted octanol–water partition coefficient (Wildman–Crippen LogP) is 3.22. The average molecular weight is 317 g/mol. The molecule has 2 aromatic rings. The van der Waals surface area contributed by atoms with E-state index in [1.54, 1.807) is 25.1 Å². The first-order valence-corrected chi connectivity index (χ1v) is 7.48. The van der Waals surface area contributed by atoms with Crippen LogP contribution in [0.5, 0.6) is 0 Å². The highest BCUT2D eigenvalue weighted by Crippen LogP contribution is 2.27. The van der Waals surface area contributed by atoms with E-state index in [0.717, 1.165) is 4.90 Å². The number of nitrogens with one attached hydrogen (secondary N) is 1. The van der Waals surface area contributed by atoms with Crippen molar-refractivity contribution in [2.24, 2.45) is 0 Å². The summed E-state index contributed by atoms with van der Waals surface area (Å²) >= 11 is 1.32. The molecular formula is C15H15N3O3S. The Morgan fingerprint density at radius 2 is 2.00 bits per heavy atom. The lowest BCUT2D eigenvalue weighted by Crippen LogP contribution is -2.15. The third-order valence-electron chi connectivity index (χ3n) is 3.05. The molecule has 22 heavy (non-hydrogen) atoms. The number of amides is 1. The number of rotatable bonds is 5. The number of nitro groups is 1. The van der Waals surface area contributed by atoms with Gasteiger partial charge in [0.25, 0.3) is 5.69 Å². The van der Waals surface area contributed by atoms with E-state index in [0.29, 0.717) is 16.9 Å². The SMILES string of the molecule is Cc1c(NC(=O)CSc2ccccc2N)cccc1[N+](=O)[O-]. The van der Waals surface area contributed by atoms with E-state index in [1.807, 2.05) is 18.2 Å². The molecule has 0 aromatic heterocycles. The molecule has 2 aromatic carbocycles. The van der Waals surface area contributed by atoms with Crippen molar-refractivity contribution in [3.05, 3.63) is 58.1 Å². The minimum absolute atomic E-state index is 0.0160. The van der Waals surface area contributed by atoms with Gasteiger partial charge in [-0.3, -0.25) is 14.9 Å². The molecule has 114 valence electrons. The highest BCUT2D eigenvalue weighted by molar-refractivity contribution is 8.00. The molecule has 0 saturated carbocycles. The zero-order chi connectivity index (χ0) is 16.1. The number of nitro benzene ring substituents is 1. The Labute approximate surface area is 131 Å². The van der Waals surface area contributed by atoms with Gasteiger partial charge in [0.05, 0.1) is 21.9 Å². The number of carbonyl (C=O) groups excluding carboxylic acids is 1. The number of thioether (sulfide) groups is 1. The minimum atomic E-state index is -0.468. The van der Waals surface area contributed by atoms with E-state index in [1.165, 1.54) is 17.8 Å². The summed E-state index contributed by atoms with van der Waals surface area (Å²) in [6.07, 6.45) is 0. The van der Waals surface area contributed by atoms with Crippen molar-refractivity contribution in [2.75, 3.05) is 16.8 Å². The number of carbonyl (C=O) groups is 1. The topological polar surface area (TPSA) is 98.3 Å². The molecule has 0 spiro atoms. The molecule has 0 bridgehead atoms. The number of nitrogen functional groups attached to an aromatic ring is 1. The van der Waals surface area contributed by atoms with Crippen LogP contribution in [0.3, 0.4) is 0 Å². The first kappa shape index (κ1) is 15.8. The van der Waals surface area contributed by atoms with Gasteiger partial charge in [0.2, 0.25) is 5.91 Å². The van der Waals surface area contributed by atoms with Crippen molar-refractivity contribution in [3.63, 3.8) is 0 Å². The van der Waals surface area contributed by atoms with Crippen molar-refractivity contribution in [2.45, 2.75) is 11.8 Å². The van der Waals surface area contributed by atoms with Crippen LogP contribution >= 0.6 is 11.8 Å². The zero-order valence-electron chi connectivity index (χ0n) is 11.9. The van der Waals surface area contributed by atoms with Gasteiger partial charge in [-0.2, -0.15) is 0 Å². The number of anilines is 2. The number of nitrogens with two attached hydrogens (primary N) is 1. The Kier molecular flexibility index (Phi) is 5.00. The van der Waals surface area contributed by atoms with Crippen LogP contribution in [0.4, 0.5) is 17.1 Å². The maximum Gasteiger partial charge on any atom is 0.274 e. The normalized spacial score (nSPS) is 10.2. The maximum atomic E-state index is 12.0. The quantitative estimate of drug-likeness (QED) is 0.382. The maximum absolute atomic E-state index is 12.0. The van der Waals surface area contributed by atoms with Gasteiger partial charge < -0.3 is 11.1 Å². The lowest BCUT2D eigenvalue weighted by Gasteiger charge is -2.09. The summed E-state index contributed by atoms with van der Waals surface area (Å²) in [4.78, 5) is 23.2. The molecule has 6 nitrogen and oxygen atoms in total. The van der Waals surface area contributed by atoms with Crippen molar-refractivity contribution in [1.29, 1.82) is 0 Å². The van der Waals surface area contributed by atoms with Crippen LogP contribution in [0, 0.1) is 17.0 Å². The molecule has 0 fully saturated rings. The summed E-state index contributed by atoms with van der Waals surface area (Å²) in [5.41, 5.74) is 7.29. The summed E-state index contributed by atoms with van der Waals surface area (Å²) in [6.45, 7) is 1.61. The second-order valence-corrected chi connectivity index (χ2v) is 5.60. The molecule has 7 heteroatoms. The predicted molar refractivity (Wildman–Crippen MR) is 88.0 cm³/mol. The van der Waals surface area contributed by atoms with Crippen LogP contribution in [0.25, 0.3) is 0 Å². The van der Waals surface area contributed by atoms with Gasteiger partial charge in [0, 0.05) is 16.6 Å². The second kappa shape index (κ2) is 6.95. The molecular weight excluding hydrogens is 302 g/mol. The van der Waals surface area contributed by atoms with Crippen LogP contribution in [-0.4, -0.2) is 16.6 Å². The first-order chi connectivity index (χ1) is 10.5. The highest BCUT2D eigenvalue weighted by Gasteiger charge is 2.15. The Balaban J connectivity index is 2.02. The van der Waals surface area contributed by atoms with Gasteiger partial charge in [0.1, 0.15) is 0 Å². The molecule has 3 N–H and O–H groups in total. The van der Waals surface area contributed by atoms with Crippen molar-refractivity contribution in [1.82, 2.24) is 0 Å². The molecule has 0 aliphatic rings. The van der Waals surface area contributed by atoms with E-state index in [9.17, 15) is 14.9 Å². The molecule has 0 radical (unpaired) electrons. The smallest absolute Gasteiger partial charge is 0.274 e. The summed E-state index contributed by atoms with van der Waals surface area (Å²) < 4.78 is 0. The molecule has 0 unspecified atom stereocenters. The van der Waals surface area contributed by atoms with Crippen LogP contribution < -0.4 is 11.1 Å². The van der Waals surface area contributed by atoms with E-state index in [2.05, 4.69) is 5.32 Å². The fourth-order valence-electron chi connectivity index (χ4n) is 1.90. The van der Waals surface area contributed by atoms with Gasteiger partial charge in [-0.1, -0.05) is 18.2 Å². The Hall–Kier alpha value is -2.54. The van der Waals surface area contributed by atoms with Gasteiger partial charge in [0.15, 0.2) is 0 Å². The van der Waals surface area contributed by atoms with Crippen LogP contribution in [0.2, 0.25) is 0 Å². The van der Waals surface area contributed by atoms with Gasteiger partial charge in [-0.15, -0.1) is 11.8 Å². The zero-order valence-corrected chi connectivity index (χ0v) is 12.7. The number of para-hydroxylation sites is 1.